The highest BCUT2D eigenvalue weighted by atomic mass is 79.9. The fourth-order valence-corrected chi connectivity index (χ4v) is 1.84. The molecule has 1 heterocycles. The minimum Gasteiger partial charge on any atom is -0.444 e. The quantitative estimate of drug-likeness (QED) is 0.908. The van der Waals surface area contributed by atoms with Crippen molar-refractivity contribution in [1.82, 2.24) is 4.98 Å². The lowest BCUT2D eigenvalue weighted by Gasteiger charge is -2.08. The Bertz CT molecular complexity index is 578. The van der Waals surface area contributed by atoms with Crippen molar-refractivity contribution in [1.29, 1.82) is 0 Å². The van der Waals surface area contributed by atoms with Gasteiger partial charge in [-0.1, -0.05) is 41.9 Å². The maximum Gasteiger partial charge on any atom is 0.412 e. The Morgan fingerprint density at radius 3 is 2.79 bits per heavy atom. The number of benzene rings is 1. The molecule has 2 rings (SSSR count). The van der Waals surface area contributed by atoms with E-state index in [9.17, 15) is 4.79 Å². The van der Waals surface area contributed by atoms with Crippen LogP contribution in [0, 0.1) is 0 Å². The molecule has 0 aliphatic heterocycles. The molecule has 19 heavy (non-hydrogen) atoms. The number of nitrogens with one attached hydrogen (secondary N) is 1. The van der Waals surface area contributed by atoms with Gasteiger partial charge in [0, 0.05) is 6.20 Å². The summed E-state index contributed by atoms with van der Waals surface area (Å²) in [7, 11) is 0. The Morgan fingerprint density at radius 1 is 1.32 bits per heavy atom. The highest BCUT2D eigenvalue weighted by molar-refractivity contribution is 9.10. The molecule has 98 valence electrons. The van der Waals surface area contributed by atoms with Gasteiger partial charge in [0.25, 0.3) is 0 Å². The van der Waals surface area contributed by atoms with Gasteiger partial charge in [-0.3, -0.25) is 10.3 Å². The van der Waals surface area contributed by atoms with Gasteiger partial charge in [0.05, 0.1) is 21.4 Å². The third-order valence-electron chi connectivity index (χ3n) is 2.29. The molecule has 2 aromatic rings. The van der Waals surface area contributed by atoms with Crippen LogP contribution in [-0.2, 0) is 11.3 Å². The number of hydrogen-bond donors (Lipinski definition) is 1. The Morgan fingerprint density at radius 2 is 2.05 bits per heavy atom. The van der Waals surface area contributed by atoms with Crippen LogP contribution < -0.4 is 5.32 Å². The van der Waals surface area contributed by atoms with Crippen molar-refractivity contribution in [3.8, 4) is 0 Å². The number of nitrogens with zero attached hydrogens (tertiary/aromatic N) is 1. The van der Waals surface area contributed by atoms with Crippen molar-refractivity contribution in [2.75, 3.05) is 5.32 Å². The van der Waals surface area contributed by atoms with E-state index in [2.05, 4.69) is 26.2 Å². The van der Waals surface area contributed by atoms with E-state index in [0.29, 0.717) is 15.2 Å². The predicted octanol–water partition coefficient (Wildman–Crippen LogP) is 4.25. The minimum absolute atomic E-state index is 0.207. The molecule has 0 unspecified atom stereocenters. The summed E-state index contributed by atoms with van der Waals surface area (Å²) in [6.07, 6.45) is 2.40. The van der Waals surface area contributed by atoms with Crippen molar-refractivity contribution in [3.63, 3.8) is 0 Å². The first-order chi connectivity index (χ1) is 9.16. The molecule has 0 atom stereocenters. The van der Waals surface area contributed by atoms with Crippen LogP contribution in [0.25, 0.3) is 0 Å². The SMILES string of the molecule is O=C(Nc1cncc(Cl)c1Br)OCc1ccccc1. The van der Waals surface area contributed by atoms with Crippen LogP contribution in [0.4, 0.5) is 10.5 Å². The van der Waals surface area contributed by atoms with Crippen LogP contribution in [0.3, 0.4) is 0 Å². The number of pyridine rings is 1. The number of anilines is 1. The number of ether oxygens (including phenoxy) is 1. The Balaban J connectivity index is 1.93. The largest absolute Gasteiger partial charge is 0.444 e. The maximum atomic E-state index is 11.6. The van der Waals surface area contributed by atoms with E-state index in [4.69, 9.17) is 16.3 Å². The zero-order valence-corrected chi connectivity index (χ0v) is 12.1. The number of carbonyl (C=O) groups excluding carboxylic acids is 1. The summed E-state index contributed by atoms with van der Waals surface area (Å²) in [5.74, 6) is 0. The summed E-state index contributed by atoms with van der Waals surface area (Å²) in [5, 5.41) is 2.98. The summed E-state index contributed by atoms with van der Waals surface area (Å²) in [5.41, 5.74) is 1.38. The van der Waals surface area contributed by atoms with Gasteiger partial charge in [-0.15, -0.1) is 0 Å². The van der Waals surface area contributed by atoms with Gasteiger partial charge in [0.2, 0.25) is 0 Å². The molecule has 4 nitrogen and oxygen atoms in total. The van der Waals surface area contributed by atoms with Crippen LogP contribution in [0.2, 0.25) is 5.02 Å². The molecule has 0 spiro atoms. The molecule has 0 aliphatic carbocycles. The summed E-state index contributed by atoms with van der Waals surface area (Å²) in [6.45, 7) is 0.207. The lowest BCUT2D eigenvalue weighted by Crippen LogP contribution is -2.14. The molecular formula is C13H10BrClN2O2. The topological polar surface area (TPSA) is 51.2 Å². The number of rotatable bonds is 3. The van der Waals surface area contributed by atoms with Crippen LogP contribution >= 0.6 is 27.5 Å². The Hall–Kier alpha value is -1.59. The summed E-state index contributed by atoms with van der Waals surface area (Å²) >= 11 is 9.13. The molecule has 0 bridgehead atoms. The molecule has 0 saturated heterocycles. The predicted molar refractivity (Wildman–Crippen MR) is 77.2 cm³/mol. The van der Waals surface area contributed by atoms with E-state index in [1.54, 1.807) is 0 Å². The van der Waals surface area contributed by atoms with Crippen molar-refractivity contribution >= 4 is 39.3 Å². The zero-order valence-electron chi connectivity index (χ0n) is 9.77. The molecule has 1 aromatic carbocycles. The number of amides is 1. The first kappa shape index (κ1) is 13.8. The van der Waals surface area contributed by atoms with Crippen molar-refractivity contribution in [2.45, 2.75) is 6.61 Å². The molecule has 0 aliphatic rings. The van der Waals surface area contributed by atoms with Gasteiger partial charge in [-0.2, -0.15) is 0 Å². The summed E-state index contributed by atoms with van der Waals surface area (Å²) < 4.78 is 5.66. The van der Waals surface area contributed by atoms with Gasteiger partial charge in [-0.25, -0.2) is 4.79 Å². The van der Waals surface area contributed by atoms with E-state index in [1.807, 2.05) is 30.3 Å². The Kier molecular flexibility index (Phi) is 4.76. The fraction of sp³-hybridized carbons (Fsp3) is 0.0769. The first-order valence-electron chi connectivity index (χ1n) is 5.43. The van der Waals surface area contributed by atoms with Crippen LogP contribution in [0.15, 0.2) is 47.2 Å². The van der Waals surface area contributed by atoms with Crippen LogP contribution in [0.5, 0.6) is 0 Å². The van der Waals surface area contributed by atoms with E-state index < -0.39 is 6.09 Å². The normalized spacial score (nSPS) is 10.0. The smallest absolute Gasteiger partial charge is 0.412 e. The second kappa shape index (κ2) is 6.54. The third kappa shape index (κ3) is 3.94. The molecule has 1 aromatic heterocycles. The summed E-state index contributed by atoms with van der Waals surface area (Å²) in [4.78, 5) is 15.5. The molecule has 0 saturated carbocycles. The van der Waals surface area contributed by atoms with E-state index in [1.165, 1.54) is 12.4 Å². The molecule has 0 fully saturated rings. The number of aromatic nitrogens is 1. The van der Waals surface area contributed by atoms with Gasteiger partial charge in [0.15, 0.2) is 0 Å². The number of carbonyl (C=O) groups is 1. The fourth-order valence-electron chi connectivity index (χ4n) is 1.38. The molecule has 1 amide bonds. The highest BCUT2D eigenvalue weighted by Gasteiger charge is 2.09. The number of halogens is 2. The maximum absolute atomic E-state index is 11.6. The highest BCUT2D eigenvalue weighted by Crippen LogP contribution is 2.28. The average molecular weight is 342 g/mol. The molecule has 1 N–H and O–H groups in total. The van der Waals surface area contributed by atoms with Gasteiger partial charge < -0.3 is 4.74 Å². The lowest BCUT2D eigenvalue weighted by molar-refractivity contribution is 0.155. The lowest BCUT2D eigenvalue weighted by atomic mass is 10.2. The minimum atomic E-state index is -0.561. The zero-order chi connectivity index (χ0) is 13.7. The van der Waals surface area contributed by atoms with Crippen molar-refractivity contribution < 1.29 is 9.53 Å². The summed E-state index contributed by atoms with van der Waals surface area (Å²) in [6, 6.07) is 9.43. The second-order valence-electron chi connectivity index (χ2n) is 3.67. The molecule has 6 heteroatoms. The molecule has 0 radical (unpaired) electrons. The van der Waals surface area contributed by atoms with Crippen LogP contribution in [0.1, 0.15) is 5.56 Å². The van der Waals surface area contributed by atoms with Crippen molar-refractivity contribution in [2.24, 2.45) is 0 Å². The number of hydrogen-bond acceptors (Lipinski definition) is 3. The van der Waals surface area contributed by atoms with Gasteiger partial charge >= 0.3 is 6.09 Å². The Labute approximate surface area is 123 Å². The van der Waals surface area contributed by atoms with Gasteiger partial charge in [0.1, 0.15) is 6.61 Å². The van der Waals surface area contributed by atoms with Gasteiger partial charge in [-0.05, 0) is 21.5 Å². The van der Waals surface area contributed by atoms with E-state index >= 15 is 0 Å². The second-order valence-corrected chi connectivity index (χ2v) is 4.87. The van der Waals surface area contributed by atoms with Crippen molar-refractivity contribution in [3.05, 3.63) is 57.8 Å². The van der Waals surface area contributed by atoms with Crippen LogP contribution in [-0.4, -0.2) is 11.1 Å². The monoisotopic (exact) mass is 340 g/mol. The first-order valence-corrected chi connectivity index (χ1v) is 6.60. The average Bonchev–Trinajstić information content (AvgIpc) is 2.43. The van der Waals surface area contributed by atoms with E-state index in [0.717, 1.165) is 5.56 Å². The molecular weight excluding hydrogens is 332 g/mol. The standard InChI is InChI=1S/C13H10BrClN2O2/c14-12-10(15)6-16-7-11(12)17-13(18)19-8-9-4-2-1-3-5-9/h1-7H,8H2,(H,17,18). The van der Waals surface area contributed by atoms with E-state index in [-0.39, 0.29) is 6.61 Å². The third-order valence-corrected chi connectivity index (χ3v) is 3.66.